The van der Waals surface area contributed by atoms with Crippen molar-refractivity contribution in [3.05, 3.63) is 117 Å². The van der Waals surface area contributed by atoms with Crippen LogP contribution in [0.15, 0.2) is 72.8 Å². The zero-order valence-electron chi connectivity index (χ0n) is 20.2. The summed E-state index contributed by atoms with van der Waals surface area (Å²) in [7, 11) is 3.47. The van der Waals surface area contributed by atoms with E-state index in [4.69, 9.17) is 9.47 Å². The molecule has 0 unspecified atom stereocenters. The Kier molecular flexibility index (Phi) is 5.05. The topological polar surface area (TPSA) is 18.5 Å². The van der Waals surface area contributed by atoms with Gasteiger partial charge in [0, 0.05) is 0 Å². The third-order valence-electron chi connectivity index (χ3n) is 7.10. The van der Waals surface area contributed by atoms with Crippen molar-refractivity contribution >= 4 is 0 Å². The molecule has 0 amide bonds. The third-order valence-corrected chi connectivity index (χ3v) is 7.10. The van der Waals surface area contributed by atoms with Crippen molar-refractivity contribution < 1.29 is 9.47 Å². The van der Waals surface area contributed by atoms with Crippen molar-refractivity contribution in [1.82, 2.24) is 0 Å². The number of ether oxygens (including phenoxy) is 2. The molecule has 0 saturated carbocycles. The molecule has 0 heterocycles. The summed E-state index contributed by atoms with van der Waals surface area (Å²) in [5.74, 6) is 1.82. The summed E-state index contributed by atoms with van der Waals surface area (Å²) >= 11 is 0. The summed E-state index contributed by atoms with van der Waals surface area (Å²) < 4.78 is 11.2. The largest absolute Gasteiger partial charge is 0.496 e. The van der Waals surface area contributed by atoms with Crippen molar-refractivity contribution in [2.75, 3.05) is 14.2 Å². The van der Waals surface area contributed by atoms with Gasteiger partial charge in [0.15, 0.2) is 0 Å². The predicted octanol–water partition coefficient (Wildman–Crippen LogP) is 7.30. The fourth-order valence-electron chi connectivity index (χ4n) is 5.56. The summed E-state index contributed by atoms with van der Waals surface area (Å²) in [4.78, 5) is 0. The fourth-order valence-corrected chi connectivity index (χ4v) is 5.56. The minimum Gasteiger partial charge on any atom is -0.496 e. The first-order chi connectivity index (χ1) is 15.9. The van der Waals surface area contributed by atoms with Gasteiger partial charge in [0.05, 0.1) is 19.6 Å². The molecule has 2 nitrogen and oxygen atoms in total. The van der Waals surface area contributed by atoms with Crippen LogP contribution in [0.2, 0.25) is 0 Å². The molecule has 4 aromatic rings. The Labute approximate surface area is 196 Å². The van der Waals surface area contributed by atoms with Gasteiger partial charge in [-0.3, -0.25) is 0 Å². The molecule has 0 fully saturated rings. The summed E-state index contributed by atoms with van der Waals surface area (Å²) in [6, 6.07) is 27.0. The summed E-state index contributed by atoms with van der Waals surface area (Å²) in [5.41, 5.74) is 12.1. The Balaban J connectivity index is 1.96. The van der Waals surface area contributed by atoms with Gasteiger partial charge in [-0.05, 0) is 84.3 Å². The van der Waals surface area contributed by atoms with Crippen LogP contribution in [0.3, 0.4) is 0 Å². The van der Waals surface area contributed by atoms with E-state index in [1.54, 1.807) is 14.2 Å². The van der Waals surface area contributed by atoms with Crippen LogP contribution in [0.4, 0.5) is 0 Å². The maximum Gasteiger partial charge on any atom is 0.121 e. The molecule has 0 atom stereocenters. The second kappa shape index (κ2) is 7.81. The average Bonchev–Trinajstić information content (AvgIpc) is 3.08. The molecular formula is C31H30O2. The standard InChI is InChI=1S/C31H30O2/c1-19-7-11-25-26-12-8-20(2)16-28(26)31(27(25)15-19,23-9-13-29(32-5)21(3)17-23)24-10-14-30(33-6)22(4)18-24/h7-18H,1-6H3. The van der Waals surface area contributed by atoms with Gasteiger partial charge in [-0.1, -0.05) is 71.8 Å². The van der Waals surface area contributed by atoms with Gasteiger partial charge in [0.1, 0.15) is 11.5 Å². The van der Waals surface area contributed by atoms with E-state index in [0.29, 0.717) is 0 Å². The van der Waals surface area contributed by atoms with Gasteiger partial charge >= 0.3 is 0 Å². The SMILES string of the molecule is COc1ccc(C2(c3ccc(OC)c(C)c3)c3cc(C)ccc3-c3ccc(C)cc32)cc1C. The third kappa shape index (κ3) is 3.08. The molecule has 0 aromatic heterocycles. The first-order valence-electron chi connectivity index (χ1n) is 11.4. The molecule has 0 aliphatic heterocycles. The Bertz CT molecular complexity index is 1270. The molecule has 0 saturated heterocycles. The summed E-state index contributed by atoms with van der Waals surface area (Å²) in [5, 5.41) is 0. The molecule has 4 aromatic carbocycles. The highest BCUT2D eigenvalue weighted by Crippen LogP contribution is 2.57. The minimum absolute atomic E-state index is 0.420. The molecule has 0 N–H and O–H groups in total. The molecule has 1 aliphatic rings. The van der Waals surface area contributed by atoms with Crippen LogP contribution in [0.25, 0.3) is 11.1 Å². The quantitative estimate of drug-likeness (QED) is 0.295. The lowest BCUT2D eigenvalue weighted by Crippen LogP contribution is -2.29. The molecule has 0 radical (unpaired) electrons. The van der Waals surface area contributed by atoms with Crippen molar-refractivity contribution in [2.45, 2.75) is 33.1 Å². The molecular weight excluding hydrogens is 404 g/mol. The second-order valence-electron chi connectivity index (χ2n) is 9.22. The van der Waals surface area contributed by atoms with Crippen molar-refractivity contribution in [3.63, 3.8) is 0 Å². The van der Waals surface area contributed by atoms with E-state index in [1.165, 1.54) is 44.5 Å². The van der Waals surface area contributed by atoms with Crippen LogP contribution in [0.1, 0.15) is 44.5 Å². The predicted molar refractivity (Wildman–Crippen MR) is 136 cm³/mol. The molecule has 0 bridgehead atoms. The zero-order valence-corrected chi connectivity index (χ0v) is 20.2. The van der Waals surface area contributed by atoms with Gasteiger partial charge in [0.2, 0.25) is 0 Å². The van der Waals surface area contributed by atoms with Gasteiger partial charge in [0.25, 0.3) is 0 Å². The van der Waals surface area contributed by atoms with Crippen molar-refractivity contribution in [2.24, 2.45) is 0 Å². The summed E-state index contributed by atoms with van der Waals surface area (Å²) in [6.07, 6.45) is 0. The number of hydrogen-bond donors (Lipinski definition) is 0. The van der Waals surface area contributed by atoms with Crippen LogP contribution >= 0.6 is 0 Å². The van der Waals surface area contributed by atoms with Crippen molar-refractivity contribution in [3.8, 4) is 22.6 Å². The Morgan fingerprint density at radius 1 is 0.515 bits per heavy atom. The van der Waals surface area contributed by atoms with Crippen LogP contribution in [0, 0.1) is 27.7 Å². The van der Waals surface area contributed by atoms with E-state index in [1.807, 2.05) is 0 Å². The Hall–Kier alpha value is -3.52. The highest BCUT2D eigenvalue weighted by Gasteiger charge is 2.46. The fraction of sp³-hybridized carbons (Fsp3) is 0.226. The van der Waals surface area contributed by atoms with E-state index >= 15 is 0 Å². The first kappa shape index (κ1) is 21.3. The van der Waals surface area contributed by atoms with E-state index in [2.05, 4.69) is 100 Å². The monoisotopic (exact) mass is 434 g/mol. The highest BCUT2D eigenvalue weighted by atomic mass is 16.5. The van der Waals surface area contributed by atoms with E-state index in [-0.39, 0.29) is 0 Å². The number of fused-ring (bicyclic) bond motifs is 3. The van der Waals surface area contributed by atoms with Crippen LogP contribution in [0.5, 0.6) is 11.5 Å². The van der Waals surface area contributed by atoms with Gasteiger partial charge in [-0.25, -0.2) is 0 Å². The number of methoxy groups -OCH3 is 2. The Morgan fingerprint density at radius 2 is 0.939 bits per heavy atom. The van der Waals surface area contributed by atoms with E-state index in [0.717, 1.165) is 22.6 Å². The van der Waals surface area contributed by atoms with E-state index in [9.17, 15) is 0 Å². The van der Waals surface area contributed by atoms with Gasteiger partial charge in [-0.15, -0.1) is 0 Å². The van der Waals surface area contributed by atoms with Crippen LogP contribution < -0.4 is 9.47 Å². The summed E-state index contributed by atoms with van der Waals surface area (Å²) in [6.45, 7) is 8.60. The van der Waals surface area contributed by atoms with Crippen LogP contribution in [-0.2, 0) is 5.41 Å². The molecule has 1 aliphatic carbocycles. The Morgan fingerprint density at radius 3 is 1.30 bits per heavy atom. The molecule has 166 valence electrons. The number of hydrogen-bond acceptors (Lipinski definition) is 2. The lowest BCUT2D eigenvalue weighted by atomic mass is 9.67. The lowest BCUT2D eigenvalue weighted by molar-refractivity contribution is 0.411. The van der Waals surface area contributed by atoms with Crippen molar-refractivity contribution in [1.29, 1.82) is 0 Å². The zero-order chi connectivity index (χ0) is 23.3. The highest BCUT2D eigenvalue weighted by molar-refractivity contribution is 5.87. The van der Waals surface area contributed by atoms with Crippen LogP contribution in [-0.4, -0.2) is 14.2 Å². The normalized spacial score (nSPS) is 13.4. The van der Waals surface area contributed by atoms with Gasteiger partial charge < -0.3 is 9.47 Å². The smallest absolute Gasteiger partial charge is 0.121 e. The molecule has 5 rings (SSSR count). The maximum absolute atomic E-state index is 5.61. The molecule has 33 heavy (non-hydrogen) atoms. The number of benzene rings is 4. The molecule has 2 heteroatoms. The average molecular weight is 435 g/mol. The lowest BCUT2D eigenvalue weighted by Gasteiger charge is -2.35. The number of rotatable bonds is 4. The molecule has 0 spiro atoms. The minimum atomic E-state index is -0.420. The number of aryl methyl sites for hydroxylation is 4. The second-order valence-corrected chi connectivity index (χ2v) is 9.22. The van der Waals surface area contributed by atoms with E-state index < -0.39 is 5.41 Å². The first-order valence-corrected chi connectivity index (χ1v) is 11.4. The maximum atomic E-state index is 5.61. The van der Waals surface area contributed by atoms with Gasteiger partial charge in [-0.2, -0.15) is 0 Å².